The molecule has 0 fully saturated rings. The fourth-order valence-electron chi connectivity index (χ4n) is 1.57. The Balaban J connectivity index is 1.83. The summed E-state index contributed by atoms with van der Waals surface area (Å²) in [6.45, 7) is 0.0384. The van der Waals surface area contributed by atoms with E-state index in [-0.39, 0.29) is 16.6 Å². The van der Waals surface area contributed by atoms with E-state index in [0.717, 1.165) is 12.1 Å². The van der Waals surface area contributed by atoms with Crippen molar-refractivity contribution in [2.75, 3.05) is 0 Å². The molecule has 0 spiro atoms. The number of halogens is 2. The maximum atomic E-state index is 12.9. The van der Waals surface area contributed by atoms with Crippen LogP contribution in [0.1, 0.15) is 16.1 Å². The SMILES string of the molecule is O=C(NCc1ccco1)C(=O)NNC(=O)c1ccc(F)cc1Br. The molecular formula is C14H11BrFN3O4. The number of hydrogen-bond donors (Lipinski definition) is 3. The van der Waals surface area contributed by atoms with Gasteiger partial charge >= 0.3 is 11.8 Å². The zero-order valence-corrected chi connectivity index (χ0v) is 13.1. The molecule has 0 bridgehead atoms. The molecule has 1 aromatic heterocycles. The normalized spacial score (nSPS) is 10.0. The highest BCUT2D eigenvalue weighted by molar-refractivity contribution is 9.10. The van der Waals surface area contributed by atoms with E-state index in [4.69, 9.17) is 4.42 Å². The number of hydrazine groups is 1. The van der Waals surface area contributed by atoms with Crippen LogP contribution in [0.4, 0.5) is 4.39 Å². The Morgan fingerprint density at radius 2 is 1.91 bits per heavy atom. The fraction of sp³-hybridized carbons (Fsp3) is 0.0714. The van der Waals surface area contributed by atoms with Gasteiger partial charge in [-0.25, -0.2) is 4.39 Å². The highest BCUT2D eigenvalue weighted by Gasteiger charge is 2.16. The highest BCUT2D eigenvalue weighted by atomic mass is 79.9. The summed E-state index contributed by atoms with van der Waals surface area (Å²) >= 11 is 3.03. The second-order valence-corrected chi connectivity index (χ2v) is 5.15. The van der Waals surface area contributed by atoms with Crippen molar-refractivity contribution in [3.8, 4) is 0 Å². The first-order valence-corrected chi connectivity index (χ1v) is 7.12. The largest absolute Gasteiger partial charge is 0.467 e. The molecule has 0 aliphatic carbocycles. The Bertz CT molecular complexity index is 734. The van der Waals surface area contributed by atoms with Crippen LogP contribution < -0.4 is 16.2 Å². The first-order valence-electron chi connectivity index (χ1n) is 6.33. The minimum Gasteiger partial charge on any atom is -0.467 e. The molecule has 120 valence electrons. The van der Waals surface area contributed by atoms with Gasteiger partial charge in [0.1, 0.15) is 11.6 Å². The van der Waals surface area contributed by atoms with Crippen LogP contribution in [0.5, 0.6) is 0 Å². The molecule has 2 aromatic rings. The van der Waals surface area contributed by atoms with Gasteiger partial charge in [0.15, 0.2) is 0 Å². The molecule has 3 amide bonds. The van der Waals surface area contributed by atoms with Crippen LogP contribution >= 0.6 is 15.9 Å². The van der Waals surface area contributed by atoms with Crippen LogP contribution in [-0.2, 0) is 16.1 Å². The second-order valence-electron chi connectivity index (χ2n) is 4.29. The molecule has 0 saturated carbocycles. The predicted octanol–water partition coefficient (Wildman–Crippen LogP) is 1.26. The van der Waals surface area contributed by atoms with Crippen molar-refractivity contribution in [3.05, 3.63) is 58.2 Å². The van der Waals surface area contributed by atoms with E-state index in [2.05, 4.69) is 26.7 Å². The van der Waals surface area contributed by atoms with Crippen molar-refractivity contribution in [1.29, 1.82) is 0 Å². The number of benzene rings is 1. The van der Waals surface area contributed by atoms with E-state index in [0.29, 0.717) is 5.76 Å². The van der Waals surface area contributed by atoms with Gasteiger partial charge < -0.3 is 9.73 Å². The van der Waals surface area contributed by atoms with Gasteiger partial charge in [-0.1, -0.05) is 0 Å². The van der Waals surface area contributed by atoms with Gasteiger partial charge in [0.05, 0.1) is 18.4 Å². The minimum atomic E-state index is -1.05. The summed E-state index contributed by atoms with van der Waals surface area (Å²) in [6.07, 6.45) is 1.43. The third-order valence-corrected chi connectivity index (χ3v) is 3.33. The lowest BCUT2D eigenvalue weighted by Crippen LogP contribution is -2.48. The summed E-state index contributed by atoms with van der Waals surface area (Å²) in [7, 11) is 0. The maximum absolute atomic E-state index is 12.9. The molecule has 0 unspecified atom stereocenters. The van der Waals surface area contributed by atoms with Crippen LogP contribution in [0.25, 0.3) is 0 Å². The lowest BCUT2D eigenvalue weighted by Gasteiger charge is -2.08. The Labute approximate surface area is 138 Å². The monoisotopic (exact) mass is 383 g/mol. The Morgan fingerprint density at radius 1 is 1.13 bits per heavy atom. The molecule has 1 aromatic carbocycles. The van der Waals surface area contributed by atoms with Crippen molar-refractivity contribution in [2.24, 2.45) is 0 Å². The van der Waals surface area contributed by atoms with Crippen molar-refractivity contribution >= 4 is 33.7 Å². The number of hydrogen-bond acceptors (Lipinski definition) is 4. The van der Waals surface area contributed by atoms with Crippen molar-refractivity contribution in [2.45, 2.75) is 6.54 Å². The van der Waals surface area contributed by atoms with E-state index < -0.39 is 23.5 Å². The number of carbonyl (C=O) groups excluding carboxylic acids is 3. The number of rotatable bonds is 3. The quantitative estimate of drug-likeness (QED) is 0.548. The molecule has 23 heavy (non-hydrogen) atoms. The molecule has 0 aliphatic rings. The smallest absolute Gasteiger partial charge is 0.327 e. The van der Waals surface area contributed by atoms with E-state index >= 15 is 0 Å². The summed E-state index contributed by atoms with van der Waals surface area (Å²) in [4.78, 5) is 34.9. The Kier molecular flexibility index (Phi) is 5.47. The molecule has 3 N–H and O–H groups in total. The van der Waals surface area contributed by atoms with E-state index in [9.17, 15) is 18.8 Å². The van der Waals surface area contributed by atoms with Crippen LogP contribution in [-0.4, -0.2) is 17.7 Å². The molecule has 2 rings (SSSR count). The Morgan fingerprint density at radius 3 is 2.57 bits per heavy atom. The van der Waals surface area contributed by atoms with Gasteiger partial charge in [0.2, 0.25) is 0 Å². The van der Waals surface area contributed by atoms with Crippen molar-refractivity contribution in [3.63, 3.8) is 0 Å². The van der Waals surface area contributed by atoms with Crippen molar-refractivity contribution in [1.82, 2.24) is 16.2 Å². The van der Waals surface area contributed by atoms with Gasteiger partial charge in [-0.15, -0.1) is 0 Å². The second kappa shape index (κ2) is 7.54. The maximum Gasteiger partial charge on any atom is 0.327 e. The zero-order chi connectivity index (χ0) is 16.8. The number of carbonyl (C=O) groups is 3. The summed E-state index contributed by atoms with van der Waals surface area (Å²) in [5.74, 6) is -2.74. The topological polar surface area (TPSA) is 100 Å². The van der Waals surface area contributed by atoms with E-state index in [1.165, 1.54) is 12.3 Å². The zero-order valence-electron chi connectivity index (χ0n) is 11.6. The lowest BCUT2D eigenvalue weighted by atomic mass is 10.2. The number of amides is 3. The summed E-state index contributed by atoms with van der Waals surface area (Å²) < 4.78 is 18.1. The molecule has 7 nitrogen and oxygen atoms in total. The van der Waals surface area contributed by atoms with Gasteiger partial charge in [0.25, 0.3) is 5.91 Å². The van der Waals surface area contributed by atoms with Crippen LogP contribution in [0.15, 0.2) is 45.5 Å². The average molecular weight is 384 g/mol. The van der Waals surface area contributed by atoms with Crippen LogP contribution in [0, 0.1) is 5.82 Å². The average Bonchev–Trinajstić information content (AvgIpc) is 3.03. The number of furan rings is 1. The van der Waals surface area contributed by atoms with Gasteiger partial charge in [0, 0.05) is 4.47 Å². The predicted molar refractivity (Wildman–Crippen MR) is 80.3 cm³/mol. The van der Waals surface area contributed by atoms with E-state index in [1.807, 2.05) is 5.43 Å². The van der Waals surface area contributed by atoms with E-state index in [1.54, 1.807) is 12.1 Å². The highest BCUT2D eigenvalue weighted by Crippen LogP contribution is 2.17. The van der Waals surface area contributed by atoms with Crippen molar-refractivity contribution < 1.29 is 23.2 Å². The van der Waals surface area contributed by atoms with Gasteiger partial charge in [-0.2, -0.15) is 0 Å². The number of nitrogens with one attached hydrogen (secondary N) is 3. The lowest BCUT2D eigenvalue weighted by molar-refractivity contribution is -0.139. The third kappa shape index (κ3) is 4.65. The molecule has 9 heteroatoms. The first-order chi connectivity index (χ1) is 11.0. The Hall–Kier alpha value is -2.68. The summed E-state index contributed by atoms with van der Waals surface area (Å²) in [6, 6.07) is 6.70. The third-order valence-electron chi connectivity index (χ3n) is 2.67. The minimum absolute atomic E-state index is 0.0384. The van der Waals surface area contributed by atoms with Gasteiger partial charge in [-0.05, 0) is 46.3 Å². The fourth-order valence-corrected chi connectivity index (χ4v) is 2.10. The molecule has 0 saturated heterocycles. The first kappa shape index (κ1) is 16.7. The summed E-state index contributed by atoms with van der Waals surface area (Å²) in [5.41, 5.74) is 4.11. The molecule has 1 heterocycles. The molecular weight excluding hydrogens is 373 g/mol. The molecule has 0 atom stereocenters. The van der Waals surface area contributed by atoms with Gasteiger partial charge in [-0.3, -0.25) is 25.2 Å². The summed E-state index contributed by atoms with van der Waals surface area (Å²) in [5, 5.41) is 2.31. The standard InChI is InChI=1S/C14H11BrFN3O4/c15-11-6-8(16)3-4-10(11)12(20)18-19-14(22)13(21)17-7-9-2-1-5-23-9/h1-6H,7H2,(H,17,21)(H,18,20)(H,19,22). The van der Waals surface area contributed by atoms with Crippen LogP contribution in [0.2, 0.25) is 0 Å². The molecule has 0 radical (unpaired) electrons. The molecule has 0 aliphatic heterocycles. The van der Waals surface area contributed by atoms with Crippen LogP contribution in [0.3, 0.4) is 0 Å².